The van der Waals surface area contributed by atoms with Gasteiger partial charge in [0.05, 0.1) is 6.21 Å². The van der Waals surface area contributed by atoms with E-state index >= 15 is 0 Å². The molecule has 0 unspecified atom stereocenters. The van der Waals surface area contributed by atoms with Crippen molar-refractivity contribution in [3.05, 3.63) is 64.2 Å². The Labute approximate surface area is 139 Å². The zero-order valence-electron chi connectivity index (χ0n) is 12.8. The first-order chi connectivity index (χ1) is 11.0. The highest BCUT2D eigenvalue weighted by molar-refractivity contribution is 6.40. The van der Waals surface area contributed by atoms with E-state index in [9.17, 15) is 9.59 Å². The Morgan fingerprint density at radius 3 is 2.61 bits per heavy atom. The summed E-state index contributed by atoms with van der Waals surface area (Å²) >= 11 is 5.87. The molecule has 118 valence electrons. The van der Waals surface area contributed by atoms with E-state index in [1.165, 1.54) is 6.21 Å². The summed E-state index contributed by atoms with van der Waals surface area (Å²) < 4.78 is 0. The van der Waals surface area contributed by atoms with Gasteiger partial charge in [0, 0.05) is 10.7 Å². The SMILES string of the molecule is Cc1cccc(/C=N/NC(=O)C(=O)Nc2cc(Cl)ccc2C)c1. The van der Waals surface area contributed by atoms with Gasteiger partial charge in [0.2, 0.25) is 0 Å². The maximum absolute atomic E-state index is 11.8. The first-order valence-corrected chi connectivity index (χ1v) is 7.31. The lowest BCUT2D eigenvalue weighted by atomic mass is 10.2. The highest BCUT2D eigenvalue weighted by Gasteiger charge is 2.14. The van der Waals surface area contributed by atoms with Gasteiger partial charge in [-0.3, -0.25) is 9.59 Å². The number of hydrazone groups is 1. The molecule has 2 aromatic carbocycles. The molecule has 0 aliphatic rings. The minimum atomic E-state index is -0.853. The average molecular weight is 330 g/mol. The predicted octanol–water partition coefficient (Wildman–Crippen LogP) is 3.05. The lowest BCUT2D eigenvalue weighted by molar-refractivity contribution is -0.136. The largest absolute Gasteiger partial charge is 0.329 e. The van der Waals surface area contributed by atoms with E-state index in [-0.39, 0.29) is 0 Å². The lowest BCUT2D eigenvalue weighted by Crippen LogP contribution is -2.32. The summed E-state index contributed by atoms with van der Waals surface area (Å²) in [4.78, 5) is 23.6. The summed E-state index contributed by atoms with van der Waals surface area (Å²) in [5.74, 6) is -1.66. The summed E-state index contributed by atoms with van der Waals surface area (Å²) in [6.45, 7) is 3.76. The third-order valence-corrected chi connectivity index (χ3v) is 3.31. The fraction of sp³-hybridized carbons (Fsp3) is 0.118. The van der Waals surface area contributed by atoms with E-state index < -0.39 is 11.8 Å². The minimum Gasteiger partial charge on any atom is -0.317 e. The van der Waals surface area contributed by atoms with Crippen molar-refractivity contribution in [2.75, 3.05) is 5.32 Å². The quantitative estimate of drug-likeness (QED) is 0.516. The molecule has 5 nitrogen and oxygen atoms in total. The number of rotatable bonds is 3. The molecule has 2 amide bonds. The van der Waals surface area contributed by atoms with Crippen molar-refractivity contribution < 1.29 is 9.59 Å². The van der Waals surface area contributed by atoms with Gasteiger partial charge in [-0.05, 0) is 37.1 Å². The number of carbonyl (C=O) groups is 2. The number of benzene rings is 2. The molecule has 0 radical (unpaired) electrons. The molecule has 0 fully saturated rings. The van der Waals surface area contributed by atoms with Gasteiger partial charge in [0.25, 0.3) is 0 Å². The summed E-state index contributed by atoms with van der Waals surface area (Å²) in [7, 11) is 0. The zero-order valence-corrected chi connectivity index (χ0v) is 13.5. The summed E-state index contributed by atoms with van der Waals surface area (Å²) in [6.07, 6.45) is 1.48. The molecular weight excluding hydrogens is 314 g/mol. The van der Waals surface area contributed by atoms with Crippen LogP contribution in [0, 0.1) is 13.8 Å². The lowest BCUT2D eigenvalue weighted by Gasteiger charge is -2.07. The van der Waals surface area contributed by atoms with Crippen LogP contribution >= 0.6 is 11.6 Å². The molecule has 0 bridgehead atoms. The number of nitrogens with one attached hydrogen (secondary N) is 2. The van der Waals surface area contributed by atoms with Gasteiger partial charge >= 0.3 is 11.8 Å². The van der Waals surface area contributed by atoms with Crippen LogP contribution in [-0.4, -0.2) is 18.0 Å². The monoisotopic (exact) mass is 329 g/mol. The number of hydrogen-bond acceptors (Lipinski definition) is 3. The molecule has 0 saturated carbocycles. The van der Waals surface area contributed by atoms with Crippen LogP contribution in [0.1, 0.15) is 16.7 Å². The normalized spacial score (nSPS) is 10.6. The molecule has 0 aromatic heterocycles. The Hall–Kier alpha value is -2.66. The first kappa shape index (κ1) is 16.7. The van der Waals surface area contributed by atoms with Crippen molar-refractivity contribution in [1.29, 1.82) is 0 Å². The second-order valence-electron chi connectivity index (χ2n) is 5.03. The van der Waals surface area contributed by atoms with Crippen LogP contribution in [0.2, 0.25) is 5.02 Å². The maximum atomic E-state index is 11.8. The van der Waals surface area contributed by atoms with Crippen LogP contribution in [0.5, 0.6) is 0 Å². The second-order valence-corrected chi connectivity index (χ2v) is 5.46. The maximum Gasteiger partial charge on any atom is 0.329 e. The number of carbonyl (C=O) groups excluding carboxylic acids is 2. The number of halogens is 1. The van der Waals surface area contributed by atoms with Crippen molar-refractivity contribution in [1.82, 2.24) is 5.43 Å². The van der Waals surface area contributed by atoms with Gasteiger partial charge in [0.1, 0.15) is 0 Å². The van der Waals surface area contributed by atoms with Gasteiger partial charge in [-0.1, -0.05) is 47.5 Å². The van der Waals surface area contributed by atoms with E-state index in [2.05, 4.69) is 15.8 Å². The van der Waals surface area contributed by atoms with E-state index in [0.29, 0.717) is 10.7 Å². The Morgan fingerprint density at radius 2 is 1.87 bits per heavy atom. The Morgan fingerprint density at radius 1 is 1.09 bits per heavy atom. The number of aryl methyl sites for hydroxylation is 2. The smallest absolute Gasteiger partial charge is 0.317 e. The number of anilines is 1. The molecule has 2 N–H and O–H groups in total. The first-order valence-electron chi connectivity index (χ1n) is 6.93. The highest BCUT2D eigenvalue weighted by Crippen LogP contribution is 2.19. The van der Waals surface area contributed by atoms with Crippen LogP contribution in [0.4, 0.5) is 5.69 Å². The fourth-order valence-electron chi connectivity index (χ4n) is 1.87. The molecule has 6 heteroatoms. The van der Waals surface area contributed by atoms with Gasteiger partial charge in [-0.25, -0.2) is 5.43 Å². The van der Waals surface area contributed by atoms with Crippen molar-refractivity contribution in [3.8, 4) is 0 Å². The van der Waals surface area contributed by atoms with Crippen molar-refractivity contribution in [2.24, 2.45) is 5.10 Å². The molecule has 0 atom stereocenters. The number of amides is 2. The molecule has 2 rings (SSSR count). The second kappa shape index (κ2) is 7.56. The standard InChI is InChI=1S/C17H16ClN3O2/c1-11-4-3-5-13(8-11)10-19-21-17(23)16(22)20-15-9-14(18)7-6-12(15)2/h3-10H,1-2H3,(H,20,22)(H,21,23)/b19-10+. The van der Waals surface area contributed by atoms with E-state index in [0.717, 1.165) is 16.7 Å². The molecule has 0 heterocycles. The molecule has 0 aliphatic heterocycles. The van der Waals surface area contributed by atoms with Crippen molar-refractivity contribution in [3.63, 3.8) is 0 Å². The van der Waals surface area contributed by atoms with Crippen LogP contribution in [-0.2, 0) is 9.59 Å². The summed E-state index contributed by atoms with van der Waals surface area (Å²) in [5.41, 5.74) is 5.39. The van der Waals surface area contributed by atoms with Crippen LogP contribution < -0.4 is 10.7 Å². The molecule has 0 aliphatic carbocycles. The topological polar surface area (TPSA) is 70.6 Å². The minimum absolute atomic E-state index is 0.476. The van der Waals surface area contributed by atoms with Gasteiger partial charge < -0.3 is 5.32 Å². The summed E-state index contributed by atoms with van der Waals surface area (Å²) in [5, 5.41) is 6.75. The summed E-state index contributed by atoms with van der Waals surface area (Å²) in [6, 6.07) is 12.6. The molecular formula is C17H16ClN3O2. The number of hydrogen-bond donors (Lipinski definition) is 2. The zero-order chi connectivity index (χ0) is 16.8. The highest BCUT2D eigenvalue weighted by atomic mass is 35.5. The van der Waals surface area contributed by atoms with E-state index in [4.69, 9.17) is 11.6 Å². The van der Waals surface area contributed by atoms with Crippen LogP contribution in [0.3, 0.4) is 0 Å². The van der Waals surface area contributed by atoms with E-state index in [1.54, 1.807) is 25.1 Å². The Kier molecular flexibility index (Phi) is 5.49. The van der Waals surface area contributed by atoms with E-state index in [1.807, 2.05) is 31.2 Å². The third kappa shape index (κ3) is 4.93. The van der Waals surface area contributed by atoms with Gasteiger partial charge in [-0.15, -0.1) is 0 Å². The molecule has 2 aromatic rings. The number of nitrogens with zero attached hydrogens (tertiary/aromatic N) is 1. The van der Waals surface area contributed by atoms with Crippen molar-refractivity contribution in [2.45, 2.75) is 13.8 Å². The molecule has 0 saturated heterocycles. The van der Waals surface area contributed by atoms with Gasteiger partial charge in [-0.2, -0.15) is 5.10 Å². The van der Waals surface area contributed by atoms with Crippen molar-refractivity contribution >= 4 is 35.3 Å². The van der Waals surface area contributed by atoms with Gasteiger partial charge in [0.15, 0.2) is 0 Å². The van der Waals surface area contributed by atoms with Crippen LogP contribution in [0.25, 0.3) is 0 Å². The molecule has 23 heavy (non-hydrogen) atoms. The Balaban J connectivity index is 1.95. The Bertz CT molecular complexity index is 772. The molecule has 0 spiro atoms. The fourth-order valence-corrected chi connectivity index (χ4v) is 2.05. The van der Waals surface area contributed by atoms with Crippen LogP contribution in [0.15, 0.2) is 47.6 Å². The third-order valence-electron chi connectivity index (χ3n) is 3.08. The average Bonchev–Trinajstić information content (AvgIpc) is 2.51. The predicted molar refractivity (Wildman–Crippen MR) is 91.7 cm³/mol.